The zero-order valence-corrected chi connectivity index (χ0v) is 25.5. The fourth-order valence-corrected chi connectivity index (χ4v) is 4.72. The van der Waals surface area contributed by atoms with E-state index in [1.165, 1.54) is 36.7 Å². The van der Waals surface area contributed by atoms with E-state index in [4.69, 9.17) is 15.0 Å². The van der Waals surface area contributed by atoms with Gasteiger partial charge in [-0.25, -0.2) is 15.0 Å². The van der Waals surface area contributed by atoms with E-state index >= 15 is 0 Å². The smallest absolute Gasteiger partial charge is 0.159 e. The van der Waals surface area contributed by atoms with Crippen LogP contribution in [0.15, 0.2) is 66.7 Å². The molecule has 38 heavy (non-hydrogen) atoms. The van der Waals surface area contributed by atoms with Gasteiger partial charge >= 0.3 is 0 Å². The first-order chi connectivity index (χ1) is 16.8. The number of halogens is 3. The fourth-order valence-electron chi connectivity index (χ4n) is 4.72. The van der Waals surface area contributed by atoms with E-state index in [-0.39, 0.29) is 55.8 Å². The Labute approximate surface area is 256 Å². The van der Waals surface area contributed by atoms with Crippen LogP contribution < -0.4 is 37.2 Å². The summed E-state index contributed by atoms with van der Waals surface area (Å²) in [5, 5.41) is 0. The predicted octanol–water partition coefficient (Wildman–Crippen LogP) is -1.50. The van der Waals surface area contributed by atoms with Crippen LogP contribution in [-0.4, -0.2) is 24.1 Å². The SMILES string of the molecule is CCCCCn1c(-c2cccc(-c3nc4ccccc4n3CCCCC)n2)nc2ccccc21.[Cl-].[Cl-].[Cl-].[V]. The molecule has 1 radical (unpaired) electrons. The van der Waals surface area contributed by atoms with Crippen molar-refractivity contribution in [2.75, 3.05) is 0 Å². The Morgan fingerprint density at radius 3 is 1.37 bits per heavy atom. The quantitative estimate of drug-likeness (QED) is 0.182. The van der Waals surface area contributed by atoms with E-state index in [1.807, 2.05) is 0 Å². The van der Waals surface area contributed by atoms with E-state index in [1.54, 1.807) is 0 Å². The van der Waals surface area contributed by atoms with E-state index in [9.17, 15) is 0 Å². The first-order valence-electron chi connectivity index (χ1n) is 12.7. The Hall–Kier alpha value is -2.02. The molecule has 0 amide bonds. The van der Waals surface area contributed by atoms with E-state index < -0.39 is 0 Å². The van der Waals surface area contributed by atoms with E-state index in [2.05, 4.69) is 89.7 Å². The van der Waals surface area contributed by atoms with Gasteiger partial charge in [0.05, 0.1) is 22.1 Å². The monoisotopic (exact) mass is 607 g/mol. The minimum Gasteiger partial charge on any atom is -1.00 e. The van der Waals surface area contributed by atoms with Gasteiger partial charge in [0, 0.05) is 31.6 Å². The van der Waals surface area contributed by atoms with Crippen LogP contribution in [0.5, 0.6) is 0 Å². The third kappa shape index (κ3) is 7.14. The number of imidazole rings is 2. The van der Waals surface area contributed by atoms with Crippen LogP contribution in [0.2, 0.25) is 0 Å². The number of hydrogen-bond acceptors (Lipinski definition) is 3. The van der Waals surface area contributed by atoms with Crippen molar-refractivity contribution in [1.82, 2.24) is 24.1 Å². The van der Waals surface area contributed by atoms with Gasteiger partial charge in [0.1, 0.15) is 11.4 Å². The molecule has 0 aliphatic carbocycles. The first kappa shape index (κ1) is 34.0. The van der Waals surface area contributed by atoms with Gasteiger partial charge in [-0.1, -0.05) is 69.9 Å². The third-order valence-corrected chi connectivity index (χ3v) is 6.49. The summed E-state index contributed by atoms with van der Waals surface area (Å²) in [6.07, 6.45) is 7.09. The molecule has 9 heteroatoms. The zero-order chi connectivity index (χ0) is 23.3. The summed E-state index contributed by atoms with van der Waals surface area (Å²) in [7, 11) is 0. The molecule has 0 atom stereocenters. The Morgan fingerprint density at radius 2 is 0.947 bits per heavy atom. The Morgan fingerprint density at radius 1 is 0.526 bits per heavy atom. The number of fused-ring (bicyclic) bond motifs is 2. The maximum Gasteiger partial charge on any atom is 0.159 e. The second-order valence-electron chi connectivity index (χ2n) is 8.97. The van der Waals surface area contributed by atoms with Gasteiger partial charge in [-0.3, -0.25) is 0 Å². The molecule has 5 rings (SSSR count). The molecule has 3 heterocycles. The first-order valence-corrected chi connectivity index (χ1v) is 12.7. The van der Waals surface area contributed by atoms with Crippen molar-refractivity contribution in [2.24, 2.45) is 0 Å². The summed E-state index contributed by atoms with van der Waals surface area (Å²) in [5.41, 5.74) is 6.19. The molecule has 0 aliphatic rings. The average Bonchev–Trinajstić information content (AvgIpc) is 3.43. The number of para-hydroxylation sites is 4. The second-order valence-corrected chi connectivity index (χ2v) is 8.97. The topological polar surface area (TPSA) is 48.5 Å². The van der Waals surface area contributed by atoms with Gasteiger partial charge in [0.15, 0.2) is 11.6 Å². The molecule has 0 aliphatic heterocycles. The van der Waals surface area contributed by atoms with Crippen molar-refractivity contribution in [3.05, 3.63) is 66.7 Å². The normalized spacial score (nSPS) is 10.4. The van der Waals surface area contributed by atoms with Gasteiger partial charge in [-0.15, -0.1) is 0 Å². The predicted molar refractivity (Wildman–Crippen MR) is 141 cm³/mol. The third-order valence-electron chi connectivity index (χ3n) is 6.49. The van der Waals surface area contributed by atoms with E-state index in [0.717, 1.165) is 60.0 Å². The van der Waals surface area contributed by atoms with E-state index in [0.29, 0.717) is 0 Å². The number of aromatic nitrogens is 5. The largest absolute Gasteiger partial charge is 1.00 e. The van der Waals surface area contributed by atoms with Crippen LogP contribution in [-0.2, 0) is 31.6 Å². The number of hydrogen-bond donors (Lipinski definition) is 0. The summed E-state index contributed by atoms with van der Waals surface area (Å²) < 4.78 is 4.67. The standard InChI is InChI=1S/C29H33N5.3ClH.V/c1-3-5-11-20-33-26-18-9-7-14-22(26)31-28(33)24-16-13-17-25(30-24)29-32-23-15-8-10-19-27(23)34(29)21-12-6-4-2;;;;/h7-10,13-19H,3-6,11-12,20-21H2,1-2H3;3*1H;/p-3. The van der Waals surface area contributed by atoms with Crippen molar-refractivity contribution in [3.8, 4) is 23.0 Å². The molecule has 5 nitrogen and oxygen atoms in total. The summed E-state index contributed by atoms with van der Waals surface area (Å²) in [6, 6.07) is 23.0. The number of nitrogens with zero attached hydrogens (tertiary/aromatic N) is 5. The zero-order valence-electron chi connectivity index (χ0n) is 21.8. The number of unbranched alkanes of at least 4 members (excludes halogenated alkanes) is 4. The van der Waals surface area contributed by atoms with Crippen molar-refractivity contribution in [2.45, 2.75) is 65.5 Å². The minimum atomic E-state index is 0. The van der Waals surface area contributed by atoms with Crippen molar-refractivity contribution < 1.29 is 55.8 Å². The molecule has 0 unspecified atom stereocenters. The minimum absolute atomic E-state index is 0. The Balaban J connectivity index is 0.00000180. The summed E-state index contributed by atoms with van der Waals surface area (Å²) in [6.45, 7) is 6.38. The van der Waals surface area contributed by atoms with Gasteiger partial charge in [-0.05, 0) is 49.2 Å². The molecule has 3 aromatic heterocycles. The Bertz CT molecular complexity index is 1310. The molecule has 0 saturated carbocycles. The van der Waals surface area contributed by atoms with Gasteiger partial charge in [0.2, 0.25) is 0 Å². The summed E-state index contributed by atoms with van der Waals surface area (Å²) in [5.74, 6) is 1.88. The molecule has 0 N–H and O–H groups in total. The molecular formula is C29H33Cl3N5V-3. The van der Waals surface area contributed by atoms with Crippen molar-refractivity contribution in [3.63, 3.8) is 0 Å². The maximum atomic E-state index is 5.11. The van der Waals surface area contributed by atoms with Crippen LogP contribution in [0.25, 0.3) is 45.1 Å². The maximum absolute atomic E-state index is 5.11. The van der Waals surface area contributed by atoms with Crippen LogP contribution in [0.1, 0.15) is 52.4 Å². The molecule has 0 bridgehead atoms. The summed E-state index contributed by atoms with van der Waals surface area (Å²) in [4.78, 5) is 15.1. The molecular weight excluding hydrogens is 576 g/mol. The van der Waals surface area contributed by atoms with Crippen LogP contribution in [0, 0.1) is 0 Å². The van der Waals surface area contributed by atoms with Crippen LogP contribution in [0.4, 0.5) is 0 Å². The number of benzene rings is 2. The van der Waals surface area contributed by atoms with Gasteiger partial charge in [0.25, 0.3) is 0 Å². The van der Waals surface area contributed by atoms with Gasteiger partial charge < -0.3 is 46.4 Å². The average molecular weight is 609 g/mol. The summed E-state index contributed by atoms with van der Waals surface area (Å²) >= 11 is 0. The van der Waals surface area contributed by atoms with Crippen LogP contribution >= 0.6 is 0 Å². The number of pyridine rings is 1. The van der Waals surface area contributed by atoms with Crippen molar-refractivity contribution in [1.29, 1.82) is 0 Å². The molecule has 5 aromatic rings. The fraction of sp³-hybridized carbons (Fsp3) is 0.345. The molecule has 2 aromatic carbocycles. The number of aryl methyl sites for hydroxylation is 2. The molecule has 203 valence electrons. The molecule has 0 saturated heterocycles. The second kappa shape index (κ2) is 16.2. The van der Waals surface area contributed by atoms with Crippen LogP contribution in [0.3, 0.4) is 0 Å². The van der Waals surface area contributed by atoms with Gasteiger partial charge in [-0.2, -0.15) is 0 Å². The Kier molecular flexibility index (Phi) is 14.5. The molecule has 0 spiro atoms. The molecule has 0 fully saturated rings. The van der Waals surface area contributed by atoms with Crippen molar-refractivity contribution >= 4 is 22.1 Å². The number of rotatable bonds is 10.